The normalized spacial score (nSPS) is 15.9. The predicted octanol–water partition coefficient (Wildman–Crippen LogP) is 2.46. The van der Waals surface area contributed by atoms with E-state index in [1.807, 2.05) is 42.1 Å². The second kappa shape index (κ2) is 7.03. The molecule has 0 radical (unpaired) electrons. The maximum absolute atomic E-state index is 13.4. The fraction of sp³-hybridized carbons (Fsp3) is 0.250. The Bertz CT molecular complexity index is 1150. The minimum atomic E-state index is -3.78. The van der Waals surface area contributed by atoms with E-state index in [9.17, 15) is 17.6 Å². The lowest BCUT2D eigenvalue weighted by Crippen LogP contribution is -2.50. The molecule has 0 bridgehead atoms. The highest BCUT2D eigenvalue weighted by Gasteiger charge is 2.31. The van der Waals surface area contributed by atoms with Gasteiger partial charge in [-0.1, -0.05) is 24.3 Å². The molecular weight excluding hydrogens is 381 g/mol. The van der Waals surface area contributed by atoms with Gasteiger partial charge in [-0.2, -0.15) is 4.31 Å². The zero-order chi connectivity index (χ0) is 19.9. The number of benzene rings is 2. The van der Waals surface area contributed by atoms with E-state index in [1.54, 1.807) is 4.90 Å². The van der Waals surface area contributed by atoms with E-state index >= 15 is 0 Å². The maximum Gasteiger partial charge on any atom is 0.256 e. The highest BCUT2D eigenvalue weighted by atomic mass is 32.2. The smallest absolute Gasteiger partial charge is 0.256 e. The lowest BCUT2D eigenvalue weighted by Gasteiger charge is -2.34. The SMILES string of the molecule is Cn1cc(C(=O)N2CCN(S(=O)(=O)c3cccc(F)c3)CC2)c2ccccc21. The Kier molecular flexibility index (Phi) is 4.68. The fourth-order valence-electron chi connectivity index (χ4n) is 3.59. The van der Waals surface area contributed by atoms with E-state index in [0.29, 0.717) is 5.56 Å². The van der Waals surface area contributed by atoms with Crippen LogP contribution in [0.15, 0.2) is 59.6 Å². The van der Waals surface area contributed by atoms with Crippen molar-refractivity contribution in [3.8, 4) is 0 Å². The van der Waals surface area contributed by atoms with Gasteiger partial charge >= 0.3 is 0 Å². The lowest BCUT2D eigenvalue weighted by molar-refractivity contribution is 0.0699. The minimum absolute atomic E-state index is 0.0682. The van der Waals surface area contributed by atoms with Crippen molar-refractivity contribution >= 4 is 26.8 Å². The van der Waals surface area contributed by atoms with Crippen LogP contribution in [0.2, 0.25) is 0 Å². The third-order valence-electron chi connectivity index (χ3n) is 5.09. The standard InChI is InChI=1S/C20H20FN3O3S/c1-22-14-18(17-7-2-3-8-19(17)22)20(25)23-9-11-24(12-10-23)28(26,27)16-6-4-5-15(21)13-16/h2-8,13-14H,9-12H2,1H3. The molecule has 1 saturated heterocycles. The summed E-state index contributed by atoms with van der Waals surface area (Å²) in [5, 5.41) is 0.879. The van der Waals surface area contributed by atoms with Gasteiger partial charge in [0.2, 0.25) is 10.0 Å². The predicted molar refractivity (Wildman–Crippen MR) is 104 cm³/mol. The number of aromatic nitrogens is 1. The number of piperazine rings is 1. The molecule has 4 rings (SSSR count). The minimum Gasteiger partial charge on any atom is -0.350 e. The van der Waals surface area contributed by atoms with Crippen LogP contribution in [0.25, 0.3) is 10.9 Å². The summed E-state index contributed by atoms with van der Waals surface area (Å²) in [4.78, 5) is 14.6. The average Bonchev–Trinajstić information content (AvgIpc) is 3.04. The lowest BCUT2D eigenvalue weighted by atomic mass is 10.1. The highest BCUT2D eigenvalue weighted by Crippen LogP contribution is 2.23. The van der Waals surface area contributed by atoms with Gasteiger partial charge in [-0.05, 0) is 24.3 Å². The molecule has 0 N–H and O–H groups in total. The van der Waals surface area contributed by atoms with Gasteiger partial charge in [-0.3, -0.25) is 4.79 Å². The van der Waals surface area contributed by atoms with Crippen LogP contribution in [0.5, 0.6) is 0 Å². The maximum atomic E-state index is 13.4. The first kappa shape index (κ1) is 18.6. The third kappa shape index (κ3) is 3.18. The Balaban J connectivity index is 1.52. The topological polar surface area (TPSA) is 62.6 Å². The van der Waals surface area contributed by atoms with Crippen LogP contribution in [-0.2, 0) is 17.1 Å². The summed E-state index contributed by atoms with van der Waals surface area (Å²) < 4.78 is 42.1. The van der Waals surface area contributed by atoms with Gasteiger partial charge in [0, 0.05) is 50.3 Å². The molecule has 1 aliphatic heterocycles. The van der Waals surface area contributed by atoms with Crippen LogP contribution in [0.3, 0.4) is 0 Å². The van der Waals surface area contributed by atoms with Gasteiger partial charge in [0.15, 0.2) is 0 Å². The molecule has 28 heavy (non-hydrogen) atoms. The fourth-order valence-corrected chi connectivity index (χ4v) is 5.04. The first-order valence-electron chi connectivity index (χ1n) is 8.97. The molecule has 1 amide bonds. The summed E-state index contributed by atoms with van der Waals surface area (Å²) >= 11 is 0. The number of sulfonamides is 1. The van der Waals surface area contributed by atoms with Gasteiger partial charge in [0.05, 0.1) is 10.5 Å². The summed E-state index contributed by atoms with van der Waals surface area (Å²) in [6, 6.07) is 12.7. The van der Waals surface area contributed by atoms with E-state index in [4.69, 9.17) is 0 Å². The quantitative estimate of drug-likeness (QED) is 0.677. The molecule has 6 nitrogen and oxygen atoms in total. The van der Waals surface area contributed by atoms with Crippen LogP contribution < -0.4 is 0 Å². The number of halogens is 1. The Morgan fingerprint density at radius 1 is 1.00 bits per heavy atom. The van der Waals surface area contributed by atoms with Crippen LogP contribution in [0, 0.1) is 5.82 Å². The van der Waals surface area contributed by atoms with E-state index < -0.39 is 15.8 Å². The van der Waals surface area contributed by atoms with Gasteiger partial charge in [-0.15, -0.1) is 0 Å². The molecule has 8 heteroatoms. The van der Waals surface area contributed by atoms with Crippen LogP contribution in [0.1, 0.15) is 10.4 Å². The molecular formula is C20H20FN3O3S. The molecule has 3 aromatic rings. The van der Waals surface area contributed by atoms with Crippen molar-refractivity contribution in [2.45, 2.75) is 4.90 Å². The van der Waals surface area contributed by atoms with E-state index in [1.165, 1.54) is 22.5 Å². The van der Waals surface area contributed by atoms with Crippen molar-refractivity contribution in [2.24, 2.45) is 7.05 Å². The number of para-hydroxylation sites is 1. The van der Waals surface area contributed by atoms with Crippen molar-refractivity contribution in [3.05, 3.63) is 66.1 Å². The van der Waals surface area contributed by atoms with Crippen LogP contribution in [-0.4, -0.2) is 54.3 Å². The Labute approximate surface area is 162 Å². The zero-order valence-corrected chi connectivity index (χ0v) is 16.2. The molecule has 1 fully saturated rings. The second-order valence-electron chi connectivity index (χ2n) is 6.82. The first-order chi connectivity index (χ1) is 13.4. The monoisotopic (exact) mass is 401 g/mol. The van der Waals surface area contributed by atoms with Crippen LogP contribution >= 0.6 is 0 Å². The number of nitrogens with zero attached hydrogens (tertiary/aromatic N) is 3. The average molecular weight is 401 g/mol. The number of aryl methyl sites for hydroxylation is 1. The molecule has 0 aliphatic carbocycles. The van der Waals surface area contributed by atoms with Crippen molar-refractivity contribution in [1.29, 1.82) is 0 Å². The third-order valence-corrected chi connectivity index (χ3v) is 6.98. The number of amides is 1. The molecule has 2 heterocycles. The Morgan fingerprint density at radius 2 is 1.71 bits per heavy atom. The Morgan fingerprint density at radius 3 is 2.43 bits per heavy atom. The molecule has 2 aromatic carbocycles. The van der Waals surface area contributed by atoms with Crippen molar-refractivity contribution in [1.82, 2.24) is 13.8 Å². The van der Waals surface area contributed by atoms with Gasteiger partial charge in [0.1, 0.15) is 5.82 Å². The molecule has 1 aliphatic rings. The molecule has 0 atom stereocenters. The van der Waals surface area contributed by atoms with Crippen LogP contribution in [0.4, 0.5) is 4.39 Å². The zero-order valence-electron chi connectivity index (χ0n) is 15.4. The summed E-state index contributed by atoms with van der Waals surface area (Å²) in [5.74, 6) is -0.703. The van der Waals surface area contributed by atoms with E-state index in [-0.39, 0.29) is 37.0 Å². The van der Waals surface area contributed by atoms with E-state index in [2.05, 4.69) is 0 Å². The number of fused-ring (bicyclic) bond motifs is 1. The number of hydrogen-bond acceptors (Lipinski definition) is 3. The molecule has 0 spiro atoms. The number of hydrogen-bond donors (Lipinski definition) is 0. The van der Waals surface area contributed by atoms with Crippen molar-refractivity contribution in [3.63, 3.8) is 0 Å². The molecule has 146 valence electrons. The molecule has 1 aromatic heterocycles. The summed E-state index contributed by atoms with van der Waals surface area (Å²) in [6.07, 6.45) is 1.81. The summed E-state index contributed by atoms with van der Waals surface area (Å²) in [7, 11) is -1.89. The van der Waals surface area contributed by atoms with Gasteiger partial charge in [-0.25, -0.2) is 12.8 Å². The largest absolute Gasteiger partial charge is 0.350 e. The van der Waals surface area contributed by atoms with Crippen molar-refractivity contribution in [2.75, 3.05) is 26.2 Å². The van der Waals surface area contributed by atoms with Gasteiger partial charge < -0.3 is 9.47 Å². The number of carbonyl (C=O) groups excluding carboxylic acids is 1. The molecule has 0 saturated carbocycles. The van der Waals surface area contributed by atoms with E-state index in [0.717, 1.165) is 17.0 Å². The van der Waals surface area contributed by atoms with Gasteiger partial charge in [0.25, 0.3) is 5.91 Å². The van der Waals surface area contributed by atoms with Crippen molar-refractivity contribution < 1.29 is 17.6 Å². The summed E-state index contributed by atoms with van der Waals surface area (Å²) in [5.41, 5.74) is 1.58. The first-order valence-corrected chi connectivity index (χ1v) is 10.4. The summed E-state index contributed by atoms with van der Waals surface area (Å²) in [6.45, 7) is 0.928. The number of rotatable bonds is 3. The Hall–Kier alpha value is -2.71. The number of carbonyl (C=O) groups is 1. The highest BCUT2D eigenvalue weighted by molar-refractivity contribution is 7.89. The molecule has 0 unspecified atom stereocenters. The second-order valence-corrected chi connectivity index (χ2v) is 8.76.